The van der Waals surface area contributed by atoms with Crippen molar-refractivity contribution in [2.75, 3.05) is 0 Å². The summed E-state index contributed by atoms with van der Waals surface area (Å²) in [6.45, 7) is 5.74. The molecule has 0 fully saturated rings. The third kappa shape index (κ3) is 1.42. The third-order valence-corrected chi connectivity index (χ3v) is 2.44. The fourth-order valence-electron chi connectivity index (χ4n) is 1.28. The molecule has 0 aromatic carbocycles. The number of hydrogen-bond donors (Lipinski definition) is 1. The van der Waals surface area contributed by atoms with E-state index in [1.807, 2.05) is 19.1 Å². The first-order valence-corrected chi connectivity index (χ1v) is 4.08. The molecule has 0 heterocycles. The molecule has 0 aromatic rings. The van der Waals surface area contributed by atoms with Gasteiger partial charge in [-0.25, -0.2) is 0 Å². The molecule has 0 radical (unpaired) electrons. The molecule has 66 valence electrons. The van der Waals surface area contributed by atoms with Crippen LogP contribution in [0.4, 0.5) is 0 Å². The minimum Gasteiger partial charge on any atom is -0.480 e. The summed E-state index contributed by atoms with van der Waals surface area (Å²) in [5.41, 5.74) is 0.332. The summed E-state index contributed by atoms with van der Waals surface area (Å²) in [4.78, 5) is 10.8. The molecule has 1 N–H and O–H groups in total. The van der Waals surface area contributed by atoms with Gasteiger partial charge in [0.1, 0.15) is 5.41 Å². The number of hydrogen-bond acceptors (Lipinski definition) is 1. The van der Waals surface area contributed by atoms with Gasteiger partial charge in [0.05, 0.1) is 0 Å². The van der Waals surface area contributed by atoms with Crippen molar-refractivity contribution in [3.8, 4) is 0 Å². The maximum atomic E-state index is 10.8. The summed E-state index contributed by atoms with van der Waals surface area (Å²) >= 11 is 0. The highest BCUT2D eigenvalue weighted by atomic mass is 16.4. The monoisotopic (exact) mass is 166 g/mol. The van der Waals surface area contributed by atoms with Gasteiger partial charge in [-0.3, -0.25) is 4.79 Å². The van der Waals surface area contributed by atoms with E-state index in [1.54, 1.807) is 13.0 Å². The van der Waals surface area contributed by atoms with E-state index in [9.17, 15) is 4.79 Å². The standard InChI is InChI=1S/C10H14O2/c1-7-4-5-10(3,9(11)12)6-8(7)2/h4-7H,1-3H3,(H,11,12)/t7-,10-/m0/s1. The van der Waals surface area contributed by atoms with Crippen LogP contribution in [-0.4, -0.2) is 11.1 Å². The average Bonchev–Trinajstić information content (AvgIpc) is 1.97. The maximum Gasteiger partial charge on any atom is 0.317 e. The van der Waals surface area contributed by atoms with Crippen molar-refractivity contribution >= 4 is 5.97 Å². The Labute approximate surface area is 72.6 Å². The van der Waals surface area contributed by atoms with Crippen LogP contribution in [0.25, 0.3) is 0 Å². The smallest absolute Gasteiger partial charge is 0.317 e. The molecule has 0 spiro atoms. The Kier molecular flexibility index (Phi) is 2.09. The highest BCUT2D eigenvalue weighted by Gasteiger charge is 2.30. The summed E-state index contributed by atoms with van der Waals surface area (Å²) in [5.74, 6) is -0.414. The molecule has 2 heteroatoms. The Balaban J connectivity index is 2.99. The third-order valence-electron chi connectivity index (χ3n) is 2.44. The van der Waals surface area contributed by atoms with Crippen LogP contribution in [0.5, 0.6) is 0 Å². The predicted octanol–water partition coefficient (Wildman–Crippen LogP) is 2.23. The second-order valence-electron chi connectivity index (χ2n) is 3.62. The van der Waals surface area contributed by atoms with Gasteiger partial charge >= 0.3 is 5.97 Å². The van der Waals surface area contributed by atoms with Crippen LogP contribution >= 0.6 is 0 Å². The minimum atomic E-state index is -0.795. The van der Waals surface area contributed by atoms with Crippen molar-refractivity contribution in [3.05, 3.63) is 23.8 Å². The normalized spacial score (nSPS) is 34.6. The van der Waals surface area contributed by atoms with Crippen molar-refractivity contribution in [1.82, 2.24) is 0 Å². The summed E-state index contributed by atoms with van der Waals surface area (Å²) in [6.07, 6.45) is 5.52. The van der Waals surface area contributed by atoms with Crippen LogP contribution in [0.3, 0.4) is 0 Å². The molecule has 0 unspecified atom stereocenters. The highest BCUT2D eigenvalue weighted by molar-refractivity contribution is 5.79. The Morgan fingerprint density at radius 1 is 1.67 bits per heavy atom. The van der Waals surface area contributed by atoms with Gasteiger partial charge in [0.15, 0.2) is 0 Å². The van der Waals surface area contributed by atoms with Crippen LogP contribution in [0.2, 0.25) is 0 Å². The van der Waals surface area contributed by atoms with Gasteiger partial charge in [0.25, 0.3) is 0 Å². The van der Waals surface area contributed by atoms with Crippen LogP contribution in [0, 0.1) is 11.3 Å². The minimum absolute atomic E-state index is 0.373. The Bertz CT molecular complexity index is 263. The lowest BCUT2D eigenvalue weighted by atomic mass is 9.80. The zero-order chi connectivity index (χ0) is 9.35. The van der Waals surface area contributed by atoms with Crippen molar-refractivity contribution in [2.45, 2.75) is 20.8 Å². The van der Waals surface area contributed by atoms with Crippen molar-refractivity contribution < 1.29 is 9.90 Å². The molecule has 2 atom stereocenters. The van der Waals surface area contributed by atoms with Gasteiger partial charge < -0.3 is 5.11 Å². The first kappa shape index (κ1) is 9.04. The molecule has 1 aliphatic rings. The predicted molar refractivity (Wildman–Crippen MR) is 47.8 cm³/mol. The van der Waals surface area contributed by atoms with Crippen LogP contribution < -0.4 is 0 Å². The Hall–Kier alpha value is -1.05. The number of carboxylic acids is 1. The van der Waals surface area contributed by atoms with E-state index in [0.717, 1.165) is 5.57 Å². The topological polar surface area (TPSA) is 37.3 Å². The van der Waals surface area contributed by atoms with Gasteiger partial charge in [-0.05, 0) is 19.8 Å². The molecule has 0 saturated heterocycles. The molecule has 0 amide bonds. The van der Waals surface area contributed by atoms with Gasteiger partial charge in [-0.1, -0.05) is 30.7 Å². The van der Waals surface area contributed by atoms with Gasteiger partial charge in [0.2, 0.25) is 0 Å². The molecule has 2 nitrogen and oxygen atoms in total. The molecule has 0 bridgehead atoms. The van der Waals surface area contributed by atoms with E-state index >= 15 is 0 Å². The average molecular weight is 166 g/mol. The number of allylic oxidation sites excluding steroid dienone is 2. The van der Waals surface area contributed by atoms with E-state index in [4.69, 9.17) is 5.11 Å². The largest absolute Gasteiger partial charge is 0.480 e. The first-order valence-electron chi connectivity index (χ1n) is 4.08. The van der Waals surface area contributed by atoms with Gasteiger partial charge in [-0.15, -0.1) is 0 Å². The number of rotatable bonds is 1. The van der Waals surface area contributed by atoms with E-state index in [0.29, 0.717) is 5.92 Å². The second-order valence-corrected chi connectivity index (χ2v) is 3.62. The van der Waals surface area contributed by atoms with E-state index in [2.05, 4.69) is 6.92 Å². The molecule has 0 aromatic heterocycles. The quantitative estimate of drug-likeness (QED) is 0.606. The molecule has 1 aliphatic carbocycles. The lowest BCUT2D eigenvalue weighted by molar-refractivity contribution is -0.142. The SMILES string of the molecule is CC1=C[C@@](C)(C(=O)O)C=C[C@@H]1C. The number of carboxylic acid groups (broad SMARTS) is 1. The van der Waals surface area contributed by atoms with E-state index in [1.165, 1.54) is 0 Å². The van der Waals surface area contributed by atoms with Crippen LogP contribution in [-0.2, 0) is 4.79 Å². The molecule has 0 aliphatic heterocycles. The first-order chi connectivity index (χ1) is 5.46. The molecular weight excluding hydrogens is 152 g/mol. The summed E-state index contributed by atoms with van der Waals surface area (Å²) < 4.78 is 0. The zero-order valence-corrected chi connectivity index (χ0v) is 7.66. The lowest BCUT2D eigenvalue weighted by Gasteiger charge is -2.24. The van der Waals surface area contributed by atoms with E-state index < -0.39 is 11.4 Å². The van der Waals surface area contributed by atoms with Crippen LogP contribution in [0.1, 0.15) is 20.8 Å². The van der Waals surface area contributed by atoms with Gasteiger partial charge in [0, 0.05) is 0 Å². The maximum absolute atomic E-state index is 10.8. The van der Waals surface area contributed by atoms with Gasteiger partial charge in [-0.2, -0.15) is 0 Å². The summed E-state index contributed by atoms with van der Waals surface area (Å²) in [5, 5.41) is 8.91. The molecule has 12 heavy (non-hydrogen) atoms. The number of carbonyl (C=O) groups is 1. The Morgan fingerprint density at radius 3 is 2.67 bits per heavy atom. The fourth-order valence-corrected chi connectivity index (χ4v) is 1.28. The Morgan fingerprint density at radius 2 is 2.25 bits per heavy atom. The molecular formula is C10H14O2. The van der Waals surface area contributed by atoms with Crippen molar-refractivity contribution in [2.24, 2.45) is 11.3 Å². The highest BCUT2D eigenvalue weighted by Crippen LogP contribution is 2.30. The molecule has 1 rings (SSSR count). The summed E-state index contributed by atoms with van der Waals surface area (Å²) in [7, 11) is 0. The number of aliphatic carboxylic acids is 1. The second kappa shape index (κ2) is 2.77. The zero-order valence-electron chi connectivity index (χ0n) is 7.66. The van der Waals surface area contributed by atoms with Crippen molar-refractivity contribution in [1.29, 1.82) is 0 Å². The van der Waals surface area contributed by atoms with Crippen LogP contribution in [0.15, 0.2) is 23.8 Å². The fraction of sp³-hybridized carbons (Fsp3) is 0.500. The van der Waals surface area contributed by atoms with Crippen molar-refractivity contribution in [3.63, 3.8) is 0 Å². The van der Waals surface area contributed by atoms with E-state index in [-0.39, 0.29) is 0 Å². The summed E-state index contributed by atoms with van der Waals surface area (Å²) in [6, 6.07) is 0. The molecule has 0 saturated carbocycles. The lowest BCUT2D eigenvalue weighted by Crippen LogP contribution is -2.25.